The molecule has 35 heavy (non-hydrogen) atoms. The summed E-state index contributed by atoms with van der Waals surface area (Å²) in [5.41, 5.74) is 0. The molecule has 1 N–H and O–H groups in total. The van der Waals surface area contributed by atoms with Crippen LogP contribution in [0.3, 0.4) is 0 Å². The second-order valence-electron chi connectivity index (χ2n) is 7.20. The van der Waals surface area contributed by atoms with Crippen LogP contribution in [0.1, 0.15) is 27.2 Å². The van der Waals surface area contributed by atoms with E-state index in [1.165, 1.54) is 20.8 Å². The first-order valence-corrected chi connectivity index (χ1v) is 11.8. The standard InChI is InChI=1S/C20H32IN3O11/c1-13(25)31-11-18-16(33-14(2)26)10-17(34-15(3)27)20(35-18)32-12-19(28)22-4-6-29-8-9-30-7-5-23-24-21/h16-18,20H,4-12H2,1-3H3,(H,22,28)/t16-,17+,18+,20+/m0/s1. The fourth-order valence-corrected chi connectivity index (χ4v) is 3.14. The quantitative estimate of drug-likeness (QED) is 0.0841. The molecule has 0 spiro atoms. The van der Waals surface area contributed by atoms with E-state index in [2.05, 4.69) is 13.8 Å². The minimum absolute atomic E-state index is 0.0359. The molecule has 0 unspecified atom stereocenters. The van der Waals surface area contributed by atoms with Gasteiger partial charge < -0.3 is 38.5 Å². The van der Waals surface area contributed by atoms with E-state index in [0.717, 1.165) is 0 Å². The molecule has 0 bridgehead atoms. The van der Waals surface area contributed by atoms with Gasteiger partial charge in [-0.1, -0.05) is 0 Å². The van der Waals surface area contributed by atoms with Gasteiger partial charge in [0.1, 0.15) is 48.3 Å². The molecule has 14 nitrogen and oxygen atoms in total. The van der Waals surface area contributed by atoms with E-state index in [9.17, 15) is 19.2 Å². The van der Waals surface area contributed by atoms with E-state index in [0.29, 0.717) is 26.4 Å². The number of carbonyl (C=O) groups is 4. The van der Waals surface area contributed by atoms with E-state index in [4.69, 9.17) is 33.2 Å². The Hall–Kier alpha value is -1.95. The SMILES string of the molecule is CC(=O)OC[C@H]1O[C@@H](OCC(=O)NCCOCCOCCN=NI)[C@H](OC(C)=O)C[C@@H]1OC(C)=O. The Kier molecular flexibility index (Phi) is 16.3. The van der Waals surface area contributed by atoms with E-state index >= 15 is 0 Å². The molecule has 0 aromatic carbocycles. The first-order chi connectivity index (χ1) is 16.7. The molecule has 1 rings (SSSR count). The summed E-state index contributed by atoms with van der Waals surface area (Å²) in [6.07, 6.45) is -3.77. The maximum atomic E-state index is 12.1. The average Bonchev–Trinajstić information content (AvgIpc) is 2.78. The Balaban J connectivity index is 2.46. The van der Waals surface area contributed by atoms with Gasteiger partial charge in [-0.05, 0) is 0 Å². The largest absolute Gasteiger partial charge is 0.463 e. The Morgan fingerprint density at radius 2 is 1.60 bits per heavy atom. The number of hydrogen-bond acceptors (Lipinski definition) is 13. The lowest BCUT2D eigenvalue weighted by Gasteiger charge is -2.39. The summed E-state index contributed by atoms with van der Waals surface area (Å²) in [6, 6.07) is 0. The van der Waals surface area contributed by atoms with Crippen molar-refractivity contribution in [2.24, 2.45) is 8.44 Å². The van der Waals surface area contributed by atoms with Crippen molar-refractivity contribution < 1.29 is 52.3 Å². The maximum absolute atomic E-state index is 12.1. The van der Waals surface area contributed by atoms with Gasteiger partial charge in [0.15, 0.2) is 12.4 Å². The highest BCUT2D eigenvalue weighted by Crippen LogP contribution is 2.26. The van der Waals surface area contributed by atoms with Gasteiger partial charge >= 0.3 is 17.9 Å². The second-order valence-corrected chi connectivity index (χ2v) is 7.63. The highest BCUT2D eigenvalue weighted by molar-refractivity contribution is 14.1. The smallest absolute Gasteiger partial charge is 0.303 e. The zero-order chi connectivity index (χ0) is 26.1. The molecule has 1 saturated heterocycles. The molecule has 1 aliphatic rings. The van der Waals surface area contributed by atoms with Crippen LogP contribution in [0, 0.1) is 0 Å². The minimum atomic E-state index is -1.14. The van der Waals surface area contributed by atoms with Crippen LogP contribution >= 0.6 is 22.9 Å². The highest BCUT2D eigenvalue weighted by atomic mass is 127. The predicted molar refractivity (Wildman–Crippen MR) is 125 cm³/mol. The maximum Gasteiger partial charge on any atom is 0.303 e. The van der Waals surface area contributed by atoms with Gasteiger partial charge in [0.05, 0.1) is 33.0 Å². The van der Waals surface area contributed by atoms with Crippen LogP contribution in [0.25, 0.3) is 0 Å². The fraction of sp³-hybridized carbons (Fsp3) is 0.800. The van der Waals surface area contributed by atoms with Crippen molar-refractivity contribution in [1.82, 2.24) is 5.32 Å². The molecule has 0 radical (unpaired) electrons. The Bertz CT molecular complexity index is 710. The van der Waals surface area contributed by atoms with Gasteiger partial charge in [0.25, 0.3) is 0 Å². The summed E-state index contributed by atoms with van der Waals surface area (Å²) in [4.78, 5) is 46.3. The lowest BCUT2D eigenvalue weighted by Crippen LogP contribution is -2.53. The van der Waals surface area contributed by atoms with E-state index < -0.39 is 55.0 Å². The van der Waals surface area contributed by atoms with Crippen LogP contribution in [0.5, 0.6) is 0 Å². The fourth-order valence-electron chi connectivity index (χ4n) is 2.92. The monoisotopic (exact) mass is 617 g/mol. The van der Waals surface area contributed by atoms with Crippen LogP contribution in [-0.4, -0.2) is 101 Å². The summed E-state index contributed by atoms with van der Waals surface area (Å²) in [6.45, 7) is 5.24. The van der Waals surface area contributed by atoms with Gasteiger partial charge in [0.2, 0.25) is 5.91 Å². The van der Waals surface area contributed by atoms with Crippen LogP contribution in [0.4, 0.5) is 0 Å². The summed E-state index contributed by atoms with van der Waals surface area (Å²) < 4.78 is 40.9. The van der Waals surface area contributed by atoms with Crippen molar-refractivity contribution in [3.05, 3.63) is 0 Å². The molecular weight excluding hydrogens is 585 g/mol. The molecule has 1 fully saturated rings. The second kappa shape index (κ2) is 18.3. The third kappa shape index (κ3) is 14.9. The first-order valence-electron chi connectivity index (χ1n) is 10.9. The summed E-state index contributed by atoms with van der Waals surface area (Å²) in [5, 5.41) is 6.38. The molecular formula is C20H32IN3O11. The zero-order valence-corrected chi connectivity index (χ0v) is 22.1. The molecule has 15 heteroatoms. The number of halogens is 1. The molecule has 0 aromatic rings. The number of rotatable bonds is 16. The van der Waals surface area contributed by atoms with Crippen molar-refractivity contribution in [1.29, 1.82) is 0 Å². The van der Waals surface area contributed by atoms with Crippen molar-refractivity contribution in [2.45, 2.75) is 51.8 Å². The highest BCUT2D eigenvalue weighted by Gasteiger charge is 2.43. The van der Waals surface area contributed by atoms with Gasteiger partial charge in [0, 0.05) is 33.7 Å². The van der Waals surface area contributed by atoms with E-state index in [1.54, 1.807) is 22.9 Å². The number of hydrogen-bond donors (Lipinski definition) is 1. The lowest BCUT2D eigenvalue weighted by atomic mass is 10.0. The van der Waals surface area contributed by atoms with Crippen LogP contribution < -0.4 is 5.32 Å². The lowest BCUT2D eigenvalue weighted by molar-refractivity contribution is -0.275. The minimum Gasteiger partial charge on any atom is -0.463 e. The molecule has 1 heterocycles. The van der Waals surface area contributed by atoms with Crippen molar-refractivity contribution >= 4 is 46.7 Å². The van der Waals surface area contributed by atoms with Gasteiger partial charge in [-0.25, -0.2) is 0 Å². The third-order valence-electron chi connectivity index (χ3n) is 4.29. The number of nitrogens with zero attached hydrogens (tertiary/aromatic N) is 2. The molecule has 200 valence electrons. The molecule has 0 aliphatic carbocycles. The van der Waals surface area contributed by atoms with Crippen molar-refractivity contribution in [3.8, 4) is 0 Å². The molecule has 1 amide bonds. The Morgan fingerprint density at radius 3 is 2.23 bits per heavy atom. The Morgan fingerprint density at radius 1 is 0.943 bits per heavy atom. The van der Waals surface area contributed by atoms with Gasteiger partial charge in [-0.2, -0.15) is 5.11 Å². The first kappa shape index (κ1) is 31.1. The number of ether oxygens (including phenoxy) is 7. The average molecular weight is 617 g/mol. The third-order valence-corrected chi connectivity index (χ3v) is 4.59. The van der Waals surface area contributed by atoms with Crippen LogP contribution in [-0.2, 0) is 52.3 Å². The normalized spacial score (nSPS) is 21.9. The summed E-state index contributed by atoms with van der Waals surface area (Å²) in [5.74, 6) is -2.18. The molecule has 0 saturated carbocycles. The topological polar surface area (TPSA) is 170 Å². The number of carbonyl (C=O) groups excluding carboxylic acids is 4. The molecule has 0 aromatic heterocycles. The Labute approximate surface area is 217 Å². The summed E-state index contributed by atoms with van der Waals surface area (Å²) >= 11 is 1.79. The number of nitrogens with one attached hydrogen (secondary N) is 1. The summed E-state index contributed by atoms with van der Waals surface area (Å²) in [7, 11) is 0. The predicted octanol–water partition coefficient (Wildman–Crippen LogP) is 0.496. The van der Waals surface area contributed by atoms with E-state index in [1.807, 2.05) is 0 Å². The zero-order valence-electron chi connectivity index (χ0n) is 19.9. The van der Waals surface area contributed by atoms with Crippen molar-refractivity contribution in [3.63, 3.8) is 0 Å². The van der Waals surface area contributed by atoms with Crippen LogP contribution in [0.15, 0.2) is 8.44 Å². The van der Waals surface area contributed by atoms with E-state index in [-0.39, 0.29) is 26.2 Å². The van der Waals surface area contributed by atoms with Gasteiger partial charge in [-0.3, -0.25) is 19.2 Å². The van der Waals surface area contributed by atoms with Crippen LogP contribution in [0.2, 0.25) is 0 Å². The van der Waals surface area contributed by atoms with Crippen molar-refractivity contribution in [2.75, 3.05) is 52.7 Å². The number of amides is 1. The molecule has 4 atom stereocenters. The van der Waals surface area contributed by atoms with Gasteiger partial charge in [-0.15, -0.1) is 3.33 Å². The number of esters is 3. The molecule has 1 aliphatic heterocycles.